The number of nitrogens with two attached hydrogens (primary N) is 1. The Morgan fingerprint density at radius 1 is 1.18 bits per heavy atom. The van der Waals surface area contributed by atoms with Crippen LogP contribution in [-0.2, 0) is 0 Å². The standard InChI is InChI=1S/C16H17N5O/c1-10-9-21(16(17)19-10)18-8-13-4-6-14(7-5-13)15-11(2)20-22-12(15)3/h4-9H,1-3H3,(H2,17,19). The Bertz CT molecular complexity index is 807. The summed E-state index contributed by atoms with van der Waals surface area (Å²) < 4.78 is 6.75. The third-order valence-electron chi connectivity index (χ3n) is 3.40. The SMILES string of the molecule is Cc1cn(N=Cc2ccc(-c3c(C)noc3C)cc2)c(N)n1. The van der Waals surface area contributed by atoms with E-state index in [1.165, 1.54) is 0 Å². The number of rotatable bonds is 3. The Morgan fingerprint density at radius 3 is 2.45 bits per heavy atom. The Morgan fingerprint density at radius 2 is 1.91 bits per heavy atom. The highest BCUT2D eigenvalue weighted by atomic mass is 16.5. The van der Waals surface area contributed by atoms with Crippen LogP contribution in [0.3, 0.4) is 0 Å². The quantitative estimate of drug-likeness (QED) is 0.753. The van der Waals surface area contributed by atoms with E-state index in [1.54, 1.807) is 17.1 Å². The van der Waals surface area contributed by atoms with Crippen molar-refractivity contribution in [3.8, 4) is 11.1 Å². The second-order valence-corrected chi connectivity index (χ2v) is 5.15. The largest absolute Gasteiger partial charge is 0.368 e. The smallest absolute Gasteiger partial charge is 0.221 e. The number of nitrogen functional groups attached to an aromatic ring is 1. The Balaban J connectivity index is 1.84. The normalized spacial score (nSPS) is 11.4. The van der Waals surface area contributed by atoms with Crippen molar-refractivity contribution in [3.05, 3.63) is 53.2 Å². The fraction of sp³-hybridized carbons (Fsp3) is 0.188. The Labute approximate surface area is 128 Å². The lowest BCUT2D eigenvalue weighted by molar-refractivity contribution is 0.393. The van der Waals surface area contributed by atoms with Gasteiger partial charge in [0, 0.05) is 5.56 Å². The van der Waals surface area contributed by atoms with Gasteiger partial charge in [-0.05, 0) is 31.9 Å². The van der Waals surface area contributed by atoms with Gasteiger partial charge in [-0.3, -0.25) is 0 Å². The second kappa shape index (κ2) is 5.48. The number of nitrogens with zero attached hydrogens (tertiary/aromatic N) is 4. The summed E-state index contributed by atoms with van der Waals surface area (Å²) in [6.07, 6.45) is 3.53. The fourth-order valence-corrected chi connectivity index (χ4v) is 2.36. The van der Waals surface area contributed by atoms with E-state index in [0.717, 1.165) is 33.8 Å². The minimum Gasteiger partial charge on any atom is -0.368 e. The van der Waals surface area contributed by atoms with Gasteiger partial charge in [-0.25, -0.2) is 9.66 Å². The van der Waals surface area contributed by atoms with Gasteiger partial charge in [-0.2, -0.15) is 5.10 Å². The van der Waals surface area contributed by atoms with Gasteiger partial charge < -0.3 is 10.3 Å². The lowest BCUT2D eigenvalue weighted by Crippen LogP contribution is -1.96. The average Bonchev–Trinajstić information content (AvgIpc) is 2.99. The minimum atomic E-state index is 0.376. The number of imidazole rings is 1. The van der Waals surface area contributed by atoms with E-state index in [2.05, 4.69) is 15.2 Å². The molecule has 0 spiro atoms. The van der Waals surface area contributed by atoms with Crippen molar-refractivity contribution < 1.29 is 4.52 Å². The molecule has 0 aliphatic carbocycles. The topological polar surface area (TPSA) is 82.2 Å². The average molecular weight is 295 g/mol. The number of anilines is 1. The first-order valence-electron chi connectivity index (χ1n) is 6.93. The van der Waals surface area contributed by atoms with Crippen LogP contribution in [0.5, 0.6) is 0 Å². The molecule has 0 bridgehead atoms. The third kappa shape index (κ3) is 2.63. The number of hydrogen-bond acceptors (Lipinski definition) is 5. The predicted molar refractivity (Wildman–Crippen MR) is 85.8 cm³/mol. The lowest BCUT2D eigenvalue weighted by atomic mass is 10.0. The van der Waals surface area contributed by atoms with Gasteiger partial charge in [-0.15, -0.1) is 0 Å². The first kappa shape index (κ1) is 14.1. The van der Waals surface area contributed by atoms with Gasteiger partial charge in [0.1, 0.15) is 5.76 Å². The van der Waals surface area contributed by atoms with Crippen LogP contribution < -0.4 is 5.73 Å². The molecule has 1 aromatic carbocycles. The molecule has 0 saturated heterocycles. The monoisotopic (exact) mass is 295 g/mol. The molecule has 0 amide bonds. The lowest BCUT2D eigenvalue weighted by Gasteiger charge is -2.01. The summed E-state index contributed by atoms with van der Waals surface area (Å²) in [6.45, 7) is 5.72. The molecule has 3 aromatic rings. The first-order valence-corrected chi connectivity index (χ1v) is 6.93. The number of aromatic nitrogens is 3. The van der Waals surface area contributed by atoms with Crippen molar-refractivity contribution in [1.29, 1.82) is 0 Å². The highest BCUT2D eigenvalue weighted by molar-refractivity contribution is 5.81. The van der Waals surface area contributed by atoms with Crippen LogP contribution >= 0.6 is 0 Å². The molecule has 3 rings (SSSR count). The number of benzene rings is 1. The van der Waals surface area contributed by atoms with Gasteiger partial charge >= 0.3 is 0 Å². The zero-order chi connectivity index (χ0) is 15.7. The van der Waals surface area contributed by atoms with Gasteiger partial charge in [-0.1, -0.05) is 29.4 Å². The summed E-state index contributed by atoms with van der Waals surface area (Å²) in [6, 6.07) is 8.03. The molecule has 6 nitrogen and oxygen atoms in total. The molecule has 0 fully saturated rings. The predicted octanol–water partition coefficient (Wildman–Crippen LogP) is 2.93. The van der Waals surface area contributed by atoms with E-state index in [4.69, 9.17) is 10.3 Å². The second-order valence-electron chi connectivity index (χ2n) is 5.15. The van der Waals surface area contributed by atoms with E-state index in [9.17, 15) is 0 Å². The van der Waals surface area contributed by atoms with Gasteiger partial charge in [0.25, 0.3) is 0 Å². The summed E-state index contributed by atoms with van der Waals surface area (Å²) in [5.74, 6) is 1.20. The molecule has 2 N–H and O–H groups in total. The zero-order valence-electron chi connectivity index (χ0n) is 12.7. The van der Waals surface area contributed by atoms with E-state index < -0.39 is 0 Å². The molecule has 112 valence electrons. The van der Waals surface area contributed by atoms with Crippen molar-refractivity contribution in [2.45, 2.75) is 20.8 Å². The first-order chi connectivity index (χ1) is 10.5. The number of hydrogen-bond donors (Lipinski definition) is 1. The van der Waals surface area contributed by atoms with Crippen LogP contribution in [0.4, 0.5) is 5.95 Å². The van der Waals surface area contributed by atoms with Gasteiger partial charge in [0.05, 0.1) is 23.8 Å². The van der Waals surface area contributed by atoms with Crippen LogP contribution in [0.25, 0.3) is 11.1 Å². The van der Waals surface area contributed by atoms with Crippen molar-refractivity contribution >= 4 is 12.2 Å². The molecule has 2 heterocycles. The molecule has 0 unspecified atom stereocenters. The summed E-state index contributed by atoms with van der Waals surface area (Å²) in [7, 11) is 0. The Hall–Kier alpha value is -2.89. The van der Waals surface area contributed by atoms with Crippen LogP contribution in [-0.4, -0.2) is 21.0 Å². The fourth-order valence-electron chi connectivity index (χ4n) is 2.36. The molecule has 0 aliphatic rings. The maximum atomic E-state index is 5.75. The molecule has 22 heavy (non-hydrogen) atoms. The summed E-state index contributed by atoms with van der Waals surface area (Å²) >= 11 is 0. The van der Waals surface area contributed by atoms with Gasteiger partial charge in [0.15, 0.2) is 0 Å². The molecule has 2 aromatic heterocycles. The van der Waals surface area contributed by atoms with E-state index in [1.807, 2.05) is 45.0 Å². The molecular weight excluding hydrogens is 278 g/mol. The maximum absolute atomic E-state index is 5.75. The van der Waals surface area contributed by atoms with Crippen molar-refractivity contribution in [1.82, 2.24) is 14.8 Å². The van der Waals surface area contributed by atoms with Crippen LogP contribution in [0, 0.1) is 20.8 Å². The molecular formula is C16H17N5O. The van der Waals surface area contributed by atoms with Crippen LogP contribution in [0.1, 0.15) is 22.7 Å². The highest BCUT2D eigenvalue weighted by Crippen LogP contribution is 2.26. The van der Waals surface area contributed by atoms with E-state index in [-0.39, 0.29) is 0 Å². The summed E-state index contributed by atoms with van der Waals surface area (Å²) in [5, 5.41) is 8.28. The van der Waals surface area contributed by atoms with Crippen molar-refractivity contribution in [2.24, 2.45) is 5.10 Å². The van der Waals surface area contributed by atoms with Crippen LogP contribution in [0.15, 0.2) is 40.1 Å². The molecule has 0 atom stereocenters. The highest BCUT2D eigenvalue weighted by Gasteiger charge is 2.10. The van der Waals surface area contributed by atoms with E-state index >= 15 is 0 Å². The molecule has 0 saturated carbocycles. The maximum Gasteiger partial charge on any atom is 0.221 e. The zero-order valence-corrected chi connectivity index (χ0v) is 12.7. The third-order valence-corrected chi connectivity index (χ3v) is 3.40. The van der Waals surface area contributed by atoms with Crippen LogP contribution in [0.2, 0.25) is 0 Å². The van der Waals surface area contributed by atoms with E-state index in [0.29, 0.717) is 5.95 Å². The number of aryl methyl sites for hydroxylation is 3. The molecule has 6 heteroatoms. The Kier molecular flexibility index (Phi) is 3.50. The molecule has 0 aliphatic heterocycles. The van der Waals surface area contributed by atoms with Crippen molar-refractivity contribution in [3.63, 3.8) is 0 Å². The molecule has 0 radical (unpaired) electrons. The summed E-state index contributed by atoms with van der Waals surface area (Å²) in [5.41, 5.74) is 10.6. The summed E-state index contributed by atoms with van der Waals surface area (Å²) in [4.78, 5) is 4.10. The van der Waals surface area contributed by atoms with Gasteiger partial charge in [0.2, 0.25) is 5.95 Å². The van der Waals surface area contributed by atoms with Crippen molar-refractivity contribution in [2.75, 3.05) is 5.73 Å². The minimum absolute atomic E-state index is 0.376.